The molecule has 0 atom stereocenters. The molecule has 0 unspecified atom stereocenters. The van der Waals surface area contributed by atoms with Gasteiger partial charge in [-0.2, -0.15) is 0 Å². The number of nitrogens with zero attached hydrogens (tertiary/aromatic N) is 2. The zero-order chi connectivity index (χ0) is 14.6. The van der Waals surface area contributed by atoms with Gasteiger partial charge in [0, 0.05) is 12.6 Å². The van der Waals surface area contributed by atoms with E-state index in [9.17, 15) is 8.42 Å². The quantitative estimate of drug-likeness (QED) is 0.731. The summed E-state index contributed by atoms with van der Waals surface area (Å²) in [7, 11) is -3.63. The third-order valence-corrected chi connectivity index (χ3v) is 3.59. The van der Waals surface area contributed by atoms with Gasteiger partial charge in [-0.25, -0.2) is 23.5 Å². The maximum atomic E-state index is 11.1. The standard InChI is InChI=1S/C12H15N5O2S/c13-11-7-12(17-8-16-11)15-6-5-9-1-3-10(4-2-9)20(14,18)19/h1-4,7-8H,5-6H2,(H2,14,18,19)(H3,13,15,16,17). The molecule has 5 N–H and O–H groups in total. The number of nitrogen functional groups attached to an aromatic ring is 1. The van der Waals surface area contributed by atoms with E-state index in [-0.39, 0.29) is 4.90 Å². The van der Waals surface area contributed by atoms with Crippen molar-refractivity contribution in [3.63, 3.8) is 0 Å². The van der Waals surface area contributed by atoms with Crippen LogP contribution in [0.5, 0.6) is 0 Å². The van der Waals surface area contributed by atoms with Crippen molar-refractivity contribution in [3.8, 4) is 0 Å². The SMILES string of the molecule is Nc1cc(NCCc2ccc(S(N)(=O)=O)cc2)ncn1. The molecule has 2 rings (SSSR count). The molecular formula is C12H15N5O2S. The molecule has 0 radical (unpaired) electrons. The van der Waals surface area contributed by atoms with E-state index in [0.717, 1.165) is 12.0 Å². The number of nitrogens with one attached hydrogen (secondary N) is 1. The van der Waals surface area contributed by atoms with Crippen LogP contribution in [0.15, 0.2) is 41.6 Å². The predicted molar refractivity (Wildman–Crippen MR) is 76.5 cm³/mol. The van der Waals surface area contributed by atoms with Crippen LogP contribution in [0, 0.1) is 0 Å². The molecular weight excluding hydrogens is 278 g/mol. The van der Waals surface area contributed by atoms with Crippen LogP contribution in [-0.2, 0) is 16.4 Å². The number of aromatic nitrogens is 2. The summed E-state index contributed by atoms with van der Waals surface area (Å²) in [5.41, 5.74) is 6.53. The third-order valence-electron chi connectivity index (χ3n) is 2.66. The minimum Gasteiger partial charge on any atom is -0.384 e. The third kappa shape index (κ3) is 3.90. The number of benzene rings is 1. The molecule has 0 spiro atoms. The van der Waals surface area contributed by atoms with Crippen LogP contribution < -0.4 is 16.2 Å². The van der Waals surface area contributed by atoms with Crippen LogP contribution >= 0.6 is 0 Å². The first-order valence-electron chi connectivity index (χ1n) is 5.88. The highest BCUT2D eigenvalue weighted by Crippen LogP contribution is 2.10. The van der Waals surface area contributed by atoms with E-state index in [0.29, 0.717) is 18.2 Å². The van der Waals surface area contributed by atoms with Gasteiger partial charge in [-0.15, -0.1) is 0 Å². The van der Waals surface area contributed by atoms with Crippen LogP contribution in [0.1, 0.15) is 5.56 Å². The van der Waals surface area contributed by atoms with Gasteiger partial charge in [0.15, 0.2) is 0 Å². The van der Waals surface area contributed by atoms with Crippen molar-refractivity contribution in [2.24, 2.45) is 5.14 Å². The molecule has 1 heterocycles. The molecule has 0 aliphatic carbocycles. The smallest absolute Gasteiger partial charge is 0.238 e. The minimum absolute atomic E-state index is 0.109. The number of primary sulfonamides is 1. The van der Waals surface area contributed by atoms with Crippen molar-refractivity contribution in [1.29, 1.82) is 0 Å². The first-order valence-corrected chi connectivity index (χ1v) is 7.43. The van der Waals surface area contributed by atoms with Crippen molar-refractivity contribution < 1.29 is 8.42 Å². The molecule has 0 saturated carbocycles. The van der Waals surface area contributed by atoms with Crippen LogP contribution in [0.25, 0.3) is 0 Å². The first kappa shape index (κ1) is 14.2. The van der Waals surface area contributed by atoms with E-state index >= 15 is 0 Å². The highest BCUT2D eigenvalue weighted by Gasteiger charge is 2.06. The Morgan fingerprint density at radius 1 is 1.15 bits per heavy atom. The molecule has 0 aliphatic rings. The molecule has 1 aromatic carbocycles. The van der Waals surface area contributed by atoms with E-state index in [1.165, 1.54) is 18.5 Å². The normalized spacial score (nSPS) is 11.2. The fourth-order valence-electron chi connectivity index (χ4n) is 1.65. The van der Waals surface area contributed by atoms with Crippen LogP contribution in [-0.4, -0.2) is 24.9 Å². The van der Waals surface area contributed by atoms with Crippen molar-refractivity contribution in [1.82, 2.24) is 9.97 Å². The zero-order valence-corrected chi connectivity index (χ0v) is 11.5. The monoisotopic (exact) mass is 293 g/mol. The molecule has 7 nitrogen and oxygen atoms in total. The summed E-state index contributed by atoms with van der Waals surface area (Å²) >= 11 is 0. The average Bonchev–Trinajstić information content (AvgIpc) is 2.38. The summed E-state index contributed by atoms with van der Waals surface area (Å²) in [4.78, 5) is 7.92. The fraction of sp³-hybridized carbons (Fsp3) is 0.167. The summed E-state index contributed by atoms with van der Waals surface area (Å²) in [5, 5.41) is 8.14. The van der Waals surface area contributed by atoms with E-state index < -0.39 is 10.0 Å². The summed E-state index contributed by atoms with van der Waals surface area (Å²) < 4.78 is 22.2. The lowest BCUT2D eigenvalue weighted by atomic mass is 10.1. The van der Waals surface area contributed by atoms with Crippen LogP contribution in [0.2, 0.25) is 0 Å². The van der Waals surface area contributed by atoms with Crippen molar-refractivity contribution >= 4 is 21.7 Å². The summed E-state index contributed by atoms with van der Waals surface area (Å²) in [6.07, 6.45) is 2.10. The summed E-state index contributed by atoms with van der Waals surface area (Å²) in [6.45, 7) is 0.644. The second-order valence-corrected chi connectivity index (χ2v) is 5.76. The molecule has 0 saturated heterocycles. The Labute approximate surface area is 117 Å². The van der Waals surface area contributed by atoms with Gasteiger partial charge in [-0.1, -0.05) is 12.1 Å². The Morgan fingerprint density at radius 3 is 2.45 bits per heavy atom. The number of hydrogen-bond donors (Lipinski definition) is 3. The van der Waals surface area contributed by atoms with Gasteiger partial charge in [-0.3, -0.25) is 0 Å². The van der Waals surface area contributed by atoms with Gasteiger partial charge >= 0.3 is 0 Å². The maximum absolute atomic E-state index is 11.1. The highest BCUT2D eigenvalue weighted by molar-refractivity contribution is 7.89. The average molecular weight is 293 g/mol. The second-order valence-electron chi connectivity index (χ2n) is 4.19. The number of anilines is 2. The van der Waals surface area contributed by atoms with Gasteiger partial charge in [0.25, 0.3) is 0 Å². The molecule has 1 aromatic heterocycles. The van der Waals surface area contributed by atoms with E-state index in [4.69, 9.17) is 10.9 Å². The molecule has 20 heavy (non-hydrogen) atoms. The van der Waals surface area contributed by atoms with Gasteiger partial charge < -0.3 is 11.1 Å². The summed E-state index contributed by atoms with van der Waals surface area (Å²) in [6, 6.07) is 8.09. The van der Waals surface area contributed by atoms with Crippen LogP contribution in [0.4, 0.5) is 11.6 Å². The molecule has 0 bridgehead atoms. The number of nitrogens with two attached hydrogens (primary N) is 2. The van der Waals surface area contributed by atoms with Gasteiger partial charge in [-0.05, 0) is 24.1 Å². The lowest BCUT2D eigenvalue weighted by Gasteiger charge is -2.06. The first-order chi connectivity index (χ1) is 9.45. The Balaban J connectivity index is 1.92. The number of hydrogen-bond acceptors (Lipinski definition) is 6. The minimum atomic E-state index is -3.63. The second kappa shape index (κ2) is 5.85. The molecule has 2 aromatic rings. The Hall–Kier alpha value is -2.19. The molecule has 0 aliphatic heterocycles. The predicted octanol–water partition coefficient (Wildman–Crippen LogP) is 0.361. The van der Waals surface area contributed by atoms with E-state index in [2.05, 4.69) is 15.3 Å². The fourth-order valence-corrected chi connectivity index (χ4v) is 2.17. The topological polar surface area (TPSA) is 124 Å². The maximum Gasteiger partial charge on any atom is 0.238 e. The molecule has 8 heteroatoms. The van der Waals surface area contributed by atoms with Gasteiger partial charge in [0.05, 0.1) is 4.90 Å². The largest absolute Gasteiger partial charge is 0.384 e. The zero-order valence-electron chi connectivity index (χ0n) is 10.7. The molecule has 0 fully saturated rings. The van der Waals surface area contributed by atoms with Crippen LogP contribution in [0.3, 0.4) is 0 Å². The van der Waals surface area contributed by atoms with Crippen molar-refractivity contribution in [3.05, 3.63) is 42.2 Å². The number of rotatable bonds is 5. The molecule has 0 amide bonds. The lowest BCUT2D eigenvalue weighted by Crippen LogP contribution is -2.12. The van der Waals surface area contributed by atoms with Crippen molar-refractivity contribution in [2.45, 2.75) is 11.3 Å². The summed E-state index contributed by atoms with van der Waals surface area (Å²) in [5.74, 6) is 1.05. The highest BCUT2D eigenvalue weighted by atomic mass is 32.2. The van der Waals surface area contributed by atoms with E-state index in [1.807, 2.05) is 0 Å². The Morgan fingerprint density at radius 2 is 1.85 bits per heavy atom. The van der Waals surface area contributed by atoms with Gasteiger partial charge in [0.1, 0.15) is 18.0 Å². The van der Waals surface area contributed by atoms with E-state index in [1.54, 1.807) is 18.2 Å². The lowest BCUT2D eigenvalue weighted by molar-refractivity contribution is 0.598. The number of sulfonamides is 1. The Kier molecular flexibility index (Phi) is 4.16. The Bertz CT molecular complexity index is 685. The molecule has 106 valence electrons. The van der Waals surface area contributed by atoms with Crippen molar-refractivity contribution in [2.75, 3.05) is 17.6 Å². The van der Waals surface area contributed by atoms with Gasteiger partial charge in [0.2, 0.25) is 10.0 Å².